The maximum Gasteiger partial charge on any atom is 0.226 e. The monoisotopic (exact) mass is 413 g/mol. The van der Waals surface area contributed by atoms with Crippen molar-refractivity contribution in [3.63, 3.8) is 0 Å². The minimum Gasteiger partial charge on any atom is -0.493 e. The standard InChI is InChI=1S/C20H20ClN5O3/c1-4-29-15-9-12(5-6-14(15)28-3)13-10-18(27)22-20-19(13)11(2)25-26(20)17-8-7-16(21)23-24-17/h5-9,13H,4,10H2,1-3H3,(H,22,27). The highest BCUT2D eigenvalue weighted by Gasteiger charge is 2.33. The number of hydrogen-bond donors (Lipinski definition) is 1. The summed E-state index contributed by atoms with van der Waals surface area (Å²) in [5, 5.41) is 15.8. The number of rotatable bonds is 5. The molecular weight excluding hydrogens is 394 g/mol. The zero-order valence-corrected chi connectivity index (χ0v) is 17.0. The topological polar surface area (TPSA) is 91.2 Å². The predicted octanol–water partition coefficient (Wildman–Crippen LogP) is 3.51. The van der Waals surface area contributed by atoms with Crippen molar-refractivity contribution in [3.8, 4) is 17.3 Å². The van der Waals surface area contributed by atoms with Gasteiger partial charge < -0.3 is 14.8 Å². The molecule has 0 radical (unpaired) electrons. The van der Waals surface area contributed by atoms with E-state index in [4.69, 9.17) is 21.1 Å². The number of aromatic nitrogens is 4. The summed E-state index contributed by atoms with van der Waals surface area (Å²) in [6, 6.07) is 9.07. The van der Waals surface area contributed by atoms with Crippen LogP contribution in [0.2, 0.25) is 5.15 Å². The maximum absolute atomic E-state index is 12.5. The summed E-state index contributed by atoms with van der Waals surface area (Å²) in [7, 11) is 1.60. The van der Waals surface area contributed by atoms with Crippen LogP contribution in [-0.4, -0.2) is 39.6 Å². The molecule has 2 aromatic heterocycles. The largest absolute Gasteiger partial charge is 0.493 e. The van der Waals surface area contributed by atoms with Crippen LogP contribution in [0.4, 0.5) is 5.82 Å². The van der Waals surface area contributed by atoms with Crippen molar-refractivity contribution in [1.82, 2.24) is 20.0 Å². The first-order valence-corrected chi connectivity index (χ1v) is 9.59. The van der Waals surface area contributed by atoms with Crippen LogP contribution in [-0.2, 0) is 4.79 Å². The summed E-state index contributed by atoms with van der Waals surface area (Å²) in [6.45, 7) is 4.35. The molecule has 9 heteroatoms. The zero-order valence-electron chi connectivity index (χ0n) is 16.3. The molecule has 3 heterocycles. The smallest absolute Gasteiger partial charge is 0.226 e. The van der Waals surface area contributed by atoms with Crippen LogP contribution in [0, 0.1) is 6.92 Å². The number of halogens is 1. The summed E-state index contributed by atoms with van der Waals surface area (Å²) >= 11 is 5.84. The van der Waals surface area contributed by atoms with Crippen molar-refractivity contribution in [2.45, 2.75) is 26.2 Å². The Balaban J connectivity index is 1.82. The highest BCUT2D eigenvalue weighted by atomic mass is 35.5. The SMILES string of the molecule is CCOc1cc(C2CC(=O)Nc3c2c(C)nn3-c2ccc(Cl)nn2)ccc1OC. The molecule has 0 saturated heterocycles. The summed E-state index contributed by atoms with van der Waals surface area (Å²) in [5.41, 5.74) is 2.69. The molecule has 1 atom stereocenters. The second-order valence-corrected chi connectivity index (χ2v) is 7.01. The Morgan fingerprint density at radius 2 is 2.07 bits per heavy atom. The fourth-order valence-electron chi connectivity index (χ4n) is 3.60. The van der Waals surface area contributed by atoms with Crippen molar-refractivity contribution in [2.24, 2.45) is 0 Å². The normalized spacial score (nSPS) is 15.6. The number of fused-ring (bicyclic) bond motifs is 1. The molecule has 3 aromatic rings. The van der Waals surface area contributed by atoms with E-state index in [1.807, 2.05) is 32.0 Å². The summed E-state index contributed by atoms with van der Waals surface area (Å²) < 4.78 is 12.7. The molecular formula is C20H20ClN5O3. The molecule has 1 unspecified atom stereocenters. The van der Waals surface area contributed by atoms with Gasteiger partial charge in [-0.1, -0.05) is 17.7 Å². The van der Waals surface area contributed by atoms with E-state index >= 15 is 0 Å². The van der Waals surface area contributed by atoms with E-state index in [1.54, 1.807) is 23.9 Å². The Kier molecular flexibility index (Phi) is 5.10. The molecule has 0 aliphatic carbocycles. The molecule has 1 aliphatic heterocycles. The molecule has 8 nitrogen and oxygen atoms in total. The first-order chi connectivity index (χ1) is 14.0. The molecule has 0 bridgehead atoms. The molecule has 0 saturated carbocycles. The Morgan fingerprint density at radius 1 is 1.24 bits per heavy atom. The summed E-state index contributed by atoms with van der Waals surface area (Å²) in [4.78, 5) is 12.5. The number of benzene rings is 1. The second-order valence-electron chi connectivity index (χ2n) is 6.62. The van der Waals surface area contributed by atoms with E-state index in [1.165, 1.54) is 0 Å². The van der Waals surface area contributed by atoms with Crippen molar-refractivity contribution in [1.29, 1.82) is 0 Å². The number of hydrogen-bond acceptors (Lipinski definition) is 6. The highest BCUT2D eigenvalue weighted by molar-refractivity contribution is 6.29. The summed E-state index contributed by atoms with van der Waals surface area (Å²) in [6.07, 6.45) is 0.309. The zero-order chi connectivity index (χ0) is 20.5. The highest BCUT2D eigenvalue weighted by Crippen LogP contribution is 2.42. The molecule has 1 amide bonds. The molecule has 0 spiro atoms. The third kappa shape index (κ3) is 3.51. The van der Waals surface area contributed by atoms with Gasteiger partial charge in [-0.3, -0.25) is 4.79 Å². The van der Waals surface area contributed by atoms with Crippen LogP contribution in [0.25, 0.3) is 5.82 Å². The first kappa shape index (κ1) is 19.2. The van der Waals surface area contributed by atoms with E-state index in [-0.39, 0.29) is 17.0 Å². The van der Waals surface area contributed by atoms with Gasteiger partial charge in [-0.25, -0.2) is 0 Å². The van der Waals surface area contributed by atoms with Crippen molar-refractivity contribution in [3.05, 3.63) is 52.3 Å². The van der Waals surface area contributed by atoms with Crippen LogP contribution in [0.5, 0.6) is 11.5 Å². The van der Waals surface area contributed by atoms with Crippen LogP contribution in [0.15, 0.2) is 30.3 Å². The van der Waals surface area contributed by atoms with Gasteiger partial charge in [-0.05, 0) is 43.7 Å². The predicted molar refractivity (Wildman–Crippen MR) is 108 cm³/mol. The lowest BCUT2D eigenvalue weighted by Gasteiger charge is -2.25. The van der Waals surface area contributed by atoms with E-state index < -0.39 is 0 Å². The van der Waals surface area contributed by atoms with Gasteiger partial charge in [0.05, 0.1) is 19.4 Å². The third-order valence-corrected chi connectivity index (χ3v) is 5.03. The summed E-state index contributed by atoms with van der Waals surface area (Å²) in [5.74, 6) is 2.10. The second kappa shape index (κ2) is 7.71. The maximum atomic E-state index is 12.5. The number of carbonyl (C=O) groups excluding carboxylic acids is 1. The van der Waals surface area contributed by atoms with Crippen molar-refractivity contribution in [2.75, 3.05) is 19.0 Å². The fourth-order valence-corrected chi connectivity index (χ4v) is 3.70. The number of ether oxygens (including phenoxy) is 2. The average Bonchev–Trinajstić information content (AvgIpc) is 3.04. The number of anilines is 1. The van der Waals surface area contributed by atoms with Gasteiger partial charge in [-0.15, -0.1) is 10.2 Å². The average molecular weight is 414 g/mol. The lowest BCUT2D eigenvalue weighted by atomic mass is 9.85. The number of aryl methyl sites for hydroxylation is 1. The Hall–Kier alpha value is -3.13. The van der Waals surface area contributed by atoms with E-state index in [2.05, 4.69) is 20.6 Å². The quantitative estimate of drug-likeness (QED) is 0.688. The third-order valence-electron chi connectivity index (χ3n) is 4.83. The number of nitrogens with one attached hydrogen (secondary N) is 1. The van der Waals surface area contributed by atoms with Gasteiger partial charge in [-0.2, -0.15) is 9.78 Å². The minimum atomic E-state index is -0.169. The van der Waals surface area contributed by atoms with Crippen molar-refractivity contribution < 1.29 is 14.3 Å². The van der Waals surface area contributed by atoms with Gasteiger partial charge >= 0.3 is 0 Å². The Bertz CT molecular complexity index is 1060. The van der Waals surface area contributed by atoms with Gasteiger partial charge in [0.25, 0.3) is 0 Å². The van der Waals surface area contributed by atoms with Crippen LogP contribution < -0.4 is 14.8 Å². The molecule has 29 heavy (non-hydrogen) atoms. The lowest BCUT2D eigenvalue weighted by molar-refractivity contribution is -0.116. The van der Waals surface area contributed by atoms with Gasteiger partial charge in [0.2, 0.25) is 5.91 Å². The molecule has 1 aromatic carbocycles. The Morgan fingerprint density at radius 3 is 2.76 bits per heavy atom. The van der Waals surface area contributed by atoms with E-state index in [9.17, 15) is 4.79 Å². The molecule has 150 valence electrons. The van der Waals surface area contributed by atoms with E-state index in [0.29, 0.717) is 36.2 Å². The number of carbonyl (C=O) groups is 1. The van der Waals surface area contributed by atoms with Gasteiger partial charge in [0.15, 0.2) is 22.5 Å². The molecule has 1 aliphatic rings. The molecule has 1 N–H and O–H groups in total. The number of methoxy groups -OCH3 is 1. The van der Waals surface area contributed by atoms with Crippen LogP contribution in [0.3, 0.4) is 0 Å². The van der Waals surface area contributed by atoms with Gasteiger partial charge in [0, 0.05) is 17.9 Å². The van der Waals surface area contributed by atoms with Crippen LogP contribution in [0.1, 0.15) is 36.1 Å². The number of amides is 1. The molecule has 4 rings (SSSR count). The van der Waals surface area contributed by atoms with Gasteiger partial charge in [0.1, 0.15) is 5.82 Å². The number of nitrogens with zero attached hydrogens (tertiary/aromatic N) is 4. The van der Waals surface area contributed by atoms with E-state index in [0.717, 1.165) is 16.8 Å². The van der Waals surface area contributed by atoms with Crippen LogP contribution >= 0.6 is 11.6 Å². The lowest BCUT2D eigenvalue weighted by Crippen LogP contribution is -2.25. The Labute approximate surface area is 172 Å². The fraction of sp³-hybridized carbons (Fsp3) is 0.300. The first-order valence-electron chi connectivity index (χ1n) is 9.21. The minimum absolute atomic E-state index is 0.0978. The van der Waals surface area contributed by atoms with Crippen molar-refractivity contribution >= 4 is 23.3 Å². The molecule has 0 fully saturated rings.